The summed E-state index contributed by atoms with van der Waals surface area (Å²) in [4.78, 5) is 2.89. The first-order valence-electron chi connectivity index (χ1n) is 10.8. The third-order valence-electron chi connectivity index (χ3n) is 6.63. The van der Waals surface area contributed by atoms with Gasteiger partial charge >= 0.3 is 0 Å². The third-order valence-corrected chi connectivity index (χ3v) is 8.51. The molecule has 0 spiro atoms. The van der Waals surface area contributed by atoms with Crippen molar-refractivity contribution in [2.24, 2.45) is 0 Å². The van der Waals surface area contributed by atoms with Gasteiger partial charge in [-0.3, -0.25) is 0 Å². The minimum atomic E-state index is -3.51. The molecule has 2 saturated heterocycles. The molecule has 3 aliphatic rings. The van der Waals surface area contributed by atoms with Gasteiger partial charge in [-0.25, -0.2) is 8.42 Å². The summed E-state index contributed by atoms with van der Waals surface area (Å²) in [5.41, 5.74) is 2.55. The van der Waals surface area contributed by atoms with Gasteiger partial charge in [0.05, 0.1) is 11.0 Å². The number of aliphatic hydroxyl groups excluding tert-OH is 1. The number of aliphatic hydroxyl groups is 1. The zero-order valence-electron chi connectivity index (χ0n) is 17.2. The van der Waals surface area contributed by atoms with Crippen molar-refractivity contribution in [3.63, 3.8) is 0 Å². The number of sulfonamides is 1. The van der Waals surface area contributed by atoms with E-state index in [1.807, 2.05) is 12.1 Å². The van der Waals surface area contributed by atoms with Crippen molar-refractivity contribution in [2.75, 3.05) is 26.2 Å². The van der Waals surface area contributed by atoms with Crippen LogP contribution < -0.4 is 0 Å². The maximum atomic E-state index is 12.7. The highest BCUT2D eigenvalue weighted by molar-refractivity contribution is 7.89. The summed E-state index contributed by atoms with van der Waals surface area (Å²) in [6, 6.07) is 7.99. The summed E-state index contributed by atoms with van der Waals surface area (Å²) < 4.78 is 26.8. The van der Waals surface area contributed by atoms with Crippen LogP contribution in [0.1, 0.15) is 50.5 Å². The van der Waals surface area contributed by atoms with Gasteiger partial charge in [0, 0.05) is 31.6 Å². The first kappa shape index (κ1) is 20.8. The van der Waals surface area contributed by atoms with Gasteiger partial charge in [-0.15, -0.1) is 0 Å². The molecule has 4 rings (SSSR count). The molecule has 0 amide bonds. The number of nitrogens with zero attached hydrogens (tertiary/aromatic N) is 2. The fourth-order valence-electron chi connectivity index (χ4n) is 4.66. The highest BCUT2D eigenvalue weighted by Crippen LogP contribution is 2.30. The Morgan fingerprint density at radius 2 is 1.93 bits per heavy atom. The molecule has 0 radical (unpaired) electrons. The summed E-state index contributed by atoms with van der Waals surface area (Å²) in [5.74, 6) is 0.301. The van der Waals surface area contributed by atoms with E-state index in [4.69, 9.17) is 0 Å². The van der Waals surface area contributed by atoms with Gasteiger partial charge in [-0.1, -0.05) is 35.9 Å². The first-order valence-corrected chi connectivity index (χ1v) is 12.3. The maximum Gasteiger partial charge on any atom is 0.243 e. The number of β-amino-alcohol motifs (C(OH)–C–C–N with tert-alkyl or cyclic N) is 1. The van der Waals surface area contributed by atoms with E-state index in [1.165, 1.54) is 29.3 Å². The van der Waals surface area contributed by atoms with Crippen LogP contribution in [0.25, 0.3) is 0 Å². The zero-order valence-corrected chi connectivity index (χ0v) is 18.0. The Labute approximate surface area is 174 Å². The van der Waals surface area contributed by atoms with Crippen LogP contribution in [0.3, 0.4) is 0 Å². The second kappa shape index (κ2) is 8.72. The molecular formula is C23H32N2O3S. The summed E-state index contributed by atoms with van der Waals surface area (Å²) >= 11 is 0. The summed E-state index contributed by atoms with van der Waals surface area (Å²) in [7, 11) is -3.51. The molecule has 158 valence electrons. The zero-order chi connectivity index (χ0) is 20.4. The quantitative estimate of drug-likeness (QED) is 0.773. The van der Waals surface area contributed by atoms with Gasteiger partial charge in [-0.2, -0.15) is 4.31 Å². The monoisotopic (exact) mass is 416 g/mol. The SMILES string of the molecule is C[C@@H]1CCCN1CCC1=CCC(c2ccc(S(=O)(=O)N3CC[C@H](O)C3)cc2)C=C1. The van der Waals surface area contributed by atoms with E-state index in [0.29, 0.717) is 23.8 Å². The van der Waals surface area contributed by atoms with Crippen LogP contribution in [0.15, 0.2) is 53.0 Å². The molecule has 2 aliphatic heterocycles. The van der Waals surface area contributed by atoms with Crippen LogP contribution in [0, 0.1) is 0 Å². The Bertz CT molecular complexity index is 876. The molecule has 29 heavy (non-hydrogen) atoms. The van der Waals surface area contributed by atoms with E-state index in [1.54, 1.807) is 12.1 Å². The Morgan fingerprint density at radius 3 is 2.52 bits per heavy atom. The van der Waals surface area contributed by atoms with E-state index < -0.39 is 16.1 Å². The number of hydrogen-bond donors (Lipinski definition) is 1. The number of benzene rings is 1. The second-order valence-electron chi connectivity index (χ2n) is 8.63. The molecule has 1 unspecified atom stereocenters. The molecule has 0 saturated carbocycles. The number of allylic oxidation sites excluding steroid dienone is 3. The molecule has 1 aromatic carbocycles. The normalized spacial score (nSPS) is 28.8. The van der Waals surface area contributed by atoms with Gasteiger partial charge in [-0.05, 0) is 63.3 Å². The van der Waals surface area contributed by atoms with Crippen LogP contribution in [-0.4, -0.2) is 61.1 Å². The van der Waals surface area contributed by atoms with Crippen molar-refractivity contribution in [3.05, 3.63) is 53.6 Å². The molecule has 0 aromatic heterocycles. The standard InChI is InChI=1S/C23H32N2O3S/c1-18-3-2-14-24(18)15-12-19-4-6-20(7-5-19)21-8-10-23(11-9-21)29(27,28)25-16-13-22(26)17-25/h4-6,8-11,18,20,22,26H,2-3,7,12-17H2,1H3/t18-,20?,22+/m1/s1. The highest BCUT2D eigenvalue weighted by Gasteiger charge is 2.31. The fourth-order valence-corrected chi connectivity index (χ4v) is 6.15. The molecule has 1 aromatic rings. The number of likely N-dealkylation sites (tertiary alicyclic amines) is 1. The third kappa shape index (κ3) is 4.66. The van der Waals surface area contributed by atoms with Crippen LogP contribution in [0.4, 0.5) is 0 Å². The predicted molar refractivity (Wildman–Crippen MR) is 115 cm³/mol. The summed E-state index contributed by atoms with van der Waals surface area (Å²) in [6.07, 6.45) is 11.5. The van der Waals surface area contributed by atoms with Crippen LogP contribution in [0.2, 0.25) is 0 Å². The molecule has 5 nitrogen and oxygen atoms in total. The lowest BCUT2D eigenvalue weighted by molar-refractivity contribution is 0.189. The first-order chi connectivity index (χ1) is 13.9. The lowest BCUT2D eigenvalue weighted by Crippen LogP contribution is -2.29. The molecule has 2 heterocycles. The van der Waals surface area contributed by atoms with E-state index >= 15 is 0 Å². The minimum Gasteiger partial charge on any atom is -0.392 e. The van der Waals surface area contributed by atoms with Crippen molar-refractivity contribution in [2.45, 2.75) is 62.0 Å². The number of rotatable bonds is 6. The predicted octanol–water partition coefficient (Wildman–Crippen LogP) is 3.29. The molecule has 6 heteroatoms. The smallest absolute Gasteiger partial charge is 0.243 e. The van der Waals surface area contributed by atoms with Crippen molar-refractivity contribution in [1.29, 1.82) is 0 Å². The van der Waals surface area contributed by atoms with Crippen LogP contribution in [-0.2, 0) is 10.0 Å². The van der Waals surface area contributed by atoms with Gasteiger partial charge in [0.15, 0.2) is 0 Å². The molecule has 1 N–H and O–H groups in total. The fraction of sp³-hybridized carbons (Fsp3) is 0.565. The second-order valence-corrected chi connectivity index (χ2v) is 10.6. The van der Waals surface area contributed by atoms with E-state index in [2.05, 4.69) is 30.1 Å². The Morgan fingerprint density at radius 1 is 1.14 bits per heavy atom. The summed E-state index contributed by atoms with van der Waals surface area (Å²) in [6.45, 7) is 5.27. The van der Waals surface area contributed by atoms with E-state index in [9.17, 15) is 13.5 Å². The maximum absolute atomic E-state index is 12.7. The number of hydrogen-bond acceptors (Lipinski definition) is 4. The lowest BCUT2D eigenvalue weighted by Gasteiger charge is -2.22. The average molecular weight is 417 g/mol. The Hall–Kier alpha value is -1.47. The van der Waals surface area contributed by atoms with Crippen molar-refractivity contribution < 1.29 is 13.5 Å². The minimum absolute atomic E-state index is 0.194. The van der Waals surface area contributed by atoms with Gasteiger partial charge in [0.25, 0.3) is 0 Å². The van der Waals surface area contributed by atoms with Gasteiger partial charge in [0.1, 0.15) is 0 Å². The van der Waals surface area contributed by atoms with E-state index in [0.717, 1.165) is 31.0 Å². The van der Waals surface area contributed by atoms with Gasteiger partial charge < -0.3 is 10.0 Å². The van der Waals surface area contributed by atoms with Crippen molar-refractivity contribution in [1.82, 2.24) is 9.21 Å². The largest absolute Gasteiger partial charge is 0.392 e. The van der Waals surface area contributed by atoms with Gasteiger partial charge in [0.2, 0.25) is 10.0 Å². The Balaban J connectivity index is 1.34. The van der Waals surface area contributed by atoms with Crippen molar-refractivity contribution >= 4 is 10.0 Å². The Kier molecular flexibility index (Phi) is 6.25. The highest BCUT2D eigenvalue weighted by atomic mass is 32.2. The average Bonchev–Trinajstić information content (AvgIpc) is 3.35. The molecule has 0 bridgehead atoms. The molecule has 1 aliphatic carbocycles. The molecule has 2 fully saturated rings. The van der Waals surface area contributed by atoms with Crippen molar-refractivity contribution in [3.8, 4) is 0 Å². The topological polar surface area (TPSA) is 60.9 Å². The van der Waals surface area contributed by atoms with E-state index in [-0.39, 0.29) is 6.54 Å². The molecule has 3 atom stereocenters. The summed E-state index contributed by atoms with van der Waals surface area (Å²) in [5, 5.41) is 9.64. The van der Waals surface area contributed by atoms with Crippen LogP contribution in [0.5, 0.6) is 0 Å². The van der Waals surface area contributed by atoms with Crippen LogP contribution >= 0.6 is 0 Å². The lowest BCUT2D eigenvalue weighted by atomic mass is 9.89. The molecular weight excluding hydrogens is 384 g/mol.